The van der Waals surface area contributed by atoms with Crippen molar-refractivity contribution in [1.82, 2.24) is 14.8 Å². The largest absolute Gasteiger partial charge is 0.366 e. The first kappa shape index (κ1) is 18.6. The van der Waals surface area contributed by atoms with Gasteiger partial charge in [0, 0.05) is 29.7 Å². The van der Waals surface area contributed by atoms with Crippen molar-refractivity contribution in [2.75, 3.05) is 10.0 Å². The predicted octanol–water partition coefficient (Wildman–Crippen LogP) is 5.13. The molecule has 0 aliphatic rings. The standard InChI is InChI=1S/C19H22ClN5S/c1-12-5-6-15(9-17(12)20)10-21-18-8-7-16(11-22-18)26-24-19-13(2)23-25(4)14(19)3/h5-9,11,24H,10H2,1-4H3,(H,21,22). The smallest absolute Gasteiger partial charge is 0.126 e. The van der Waals surface area contributed by atoms with E-state index in [9.17, 15) is 0 Å². The lowest BCUT2D eigenvalue weighted by molar-refractivity contribution is 0.731. The highest BCUT2D eigenvalue weighted by Gasteiger charge is 2.09. The van der Waals surface area contributed by atoms with Gasteiger partial charge in [-0.1, -0.05) is 23.7 Å². The van der Waals surface area contributed by atoms with Crippen LogP contribution in [0.4, 0.5) is 11.5 Å². The summed E-state index contributed by atoms with van der Waals surface area (Å²) in [7, 11) is 1.95. The van der Waals surface area contributed by atoms with Gasteiger partial charge in [-0.2, -0.15) is 5.10 Å². The number of hydrogen-bond acceptors (Lipinski definition) is 5. The van der Waals surface area contributed by atoms with E-state index in [4.69, 9.17) is 11.6 Å². The highest BCUT2D eigenvalue weighted by atomic mass is 35.5. The van der Waals surface area contributed by atoms with Crippen LogP contribution in [0, 0.1) is 20.8 Å². The van der Waals surface area contributed by atoms with Crippen molar-refractivity contribution in [3.05, 3.63) is 64.1 Å². The molecule has 0 unspecified atom stereocenters. The summed E-state index contributed by atoms with van der Waals surface area (Å²) in [6, 6.07) is 10.1. The molecule has 0 fully saturated rings. The van der Waals surface area contributed by atoms with Gasteiger partial charge in [-0.15, -0.1) is 0 Å². The number of nitrogens with zero attached hydrogens (tertiary/aromatic N) is 3. The molecule has 0 atom stereocenters. The molecule has 0 radical (unpaired) electrons. The van der Waals surface area contributed by atoms with Crippen LogP contribution >= 0.6 is 23.5 Å². The van der Waals surface area contributed by atoms with Gasteiger partial charge in [-0.3, -0.25) is 4.68 Å². The lowest BCUT2D eigenvalue weighted by Gasteiger charge is -2.09. The van der Waals surface area contributed by atoms with Crippen LogP contribution in [0.1, 0.15) is 22.5 Å². The van der Waals surface area contributed by atoms with Gasteiger partial charge in [0.05, 0.1) is 17.1 Å². The summed E-state index contributed by atoms with van der Waals surface area (Å²) in [6.45, 7) is 6.73. The molecule has 0 amide bonds. The predicted molar refractivity (Wildman–Crippen MR) is 110 cm³/mol. The summed E-state index contributed by atoms with van der Waals surface area (Å²) in [5, 5.41) is 8.51. The van der Waals surface area contributed by atoms with Gasteiger partial charge in [0.1, 0.15) is 5.82 Å². The first-order chi connectivity index (χ1) is 12.4. The first-order valence-corrected chi connectivity index (χ1v) is 9.51. The molecule has 7 heteroatoms. The number of aryl methyl sites for hydroxylation is 3. The Morgan fingerprint density at radius 3 is 2.58 bits per heavy atom. The van der Waals surface area contributed by atoms with E-state index in [-0.39, 0.29) is 0 Å². The molecule has 0 aliphatic heterocycles. The van der Waals surface area contributed by atoms with Gasteiger partial charge in [-0.25, -0.2) is 4.98 Å². The van der Waals surface area contributed by atoms with Crippen molar-refractivity contribution in [2.24, 2.45) is 7.05 Å². The van der Waals surface area contributed by atoms with E-state index < -0.39 is 0 Å². The minimum Gasteiger partial charge on any atom is -0.366 e. The highest BCUT2D eigenvalue weighted by molar-refractivity contribution is 8.00. The monoisotopic (exact) mass is 387 g/mol. The van der Waals surface area contributed by atoms with Crippen LogP contribution in [-0.2, 0) is 13.6 Å². The Hall–Kier alpha value is -2.18. The summed E-state index contributed by atoms with van der Waals surface area (Å²) in [5.74, 6) is 0.833. The number of nitrogens with one attached hydrogen (secondary N) is 2. The van der Waals surface area contributed by atoms with Crippen LogP contribution in [0.2, 0.25) is 5.02 Å². The molecule has 0 aliphatic carbocycles. The van der Waals surface area contributed by atoms with E-state index in [0.29, 0.717) is 6.54 Å². The van der Waals surface area contributed by atoms with Crippen molar-refractivity contribution >= 4 is 35.1 Å². The molecular weight excluding hydrogens is 366 g/mol. The first-order valence-electron chi connectivity index (χ1n) is 8.32. The van der Waals surface area contributed by atoms with E-state index in [0.717, 1.165) is 43.9 Å². The molecule has 0 bridgehead atoms. The molecule has 3 aromatic rings. The normalized spacial score (nSPS) is 10.8. The van der Waals surface area contributed by atoms with Crippen molar-refractivity contribution < 1.29 is 0 Å². The van der Waals surface area contributed by atoms with E-state index in [1.807, 2.05) is 63.0 Å². The fourth-order valence-electron chi connectivity index (χ4n) is 2.52. The van der Waals surface area contributed by atoms with Gasteiger partial charge in [-0.05, 0) is 62.0 Å². The maximum absolute atomic E-state index is 6.17. The average Bonchev–Trinajstić information content (AvgIpc) is 2.87. The zero-order valence-electron chi connectivity index (χ0n) is 15.3. The molecule has 2 heterocycles. The van der Waals surface area contributed by atoms with Crippen molar-refractivity contribution in [3.8, 4) is 0 Å². The van der Waals surface area contributed by atoms with Gasteiger partial charge in [0.2, 0.25) is 0 Å². The van der Waals surface area contributed by atoms with Gasteiger partial charge in [0.25, 0.3) is 0 Å². The third kappa shape index (κ3) is 4.31. The number of rotatable bonds is 6. The van der Waals surface area contributed by atoms with Crippen molar-refractivity contribution in [3.63, 3.8) is 0 Å². The third-order valence-corrected chi connectivity index (χ3v) is 5.42. The highest BCUT2D eigenvalue weighted by Crippen LogP contribution is 2.26. The zero-order chi connectivity index (χ0) is 18.7. The lowest BCUT2D eigenvalue weighted by atomic mass is 10.1. The Kier molecular flexibility index (Phi) is 5.74. The fraction of sp³-hybridized carbons (Fsp3) is 0.263. The second kappa shape index (κ2) is 8.01. The Balaban J connectivity index is 1.57. The van der Waals surface area contributed by atoms with Gasteiger partial charge >= 0.3 is 0 Å². The SMILES string of the molecule is Cc1ccc(CNc2ccc(SNc3c(C)nn(C)c3C)cn2)cc1Cl. The number of pyridine rings is 1. The Morgan fingerprint density at radius 1 is 1.15 bits per heavy atom. The summed E-state index contributed by atoms with van der Waals surface area (Å²) in [5.41, 5.74) is 5.36. The summed E-state index contributed by atoms with van der Waals surface area (Å²) in [6.07, 6.45) is 1.85. The topological polar surface area (TPSA) is 54.8 Å². The molecule has 2 aromatic heterocycles. The number of hydrogen-bond donors (Lipinski definition) is 2. The number of anilines is 2. The molecule has 3 rings (SSSR count). The molecule has 0 saturated carbocycles. The lowest BCUT2D eigenvalue weighted by Crippen LogP contribution is -2.01. The molecule has 2 N–H and O–H groups in total. The average molecular weight is 388 g/mol. The molecule has 1 aromatic carbocycles. The minimum atomic E-state index is 0.686. The summed E-state index contributed by atoms with van der Waals surface area (Å²) < 4.78 is 5.24. The second-order valence-electron chi connectivity index (χ2n) is 6.19. The maximum Gasteiger partial charge on any atom is 0.126 e. The zero-order valence-corrected chi connectivity index (χ0v) is 16.9. The van der Waals surface area contributed by atoms with E-state index in [2.05, 4.69) is 26.2 Å². The van der Waals surface area contributed by atoms with Crippen molar-refractivity contribution in [1.29, 1.82) is 0 Å². The second-order valence-corrected chi connectivity index (χ2v) is 7.48. The third-order valence-electron chi connectivity index (χ3n) is 4.23. The number of halogens is 1. The van der Waals surface area contributed by atoms with E-state index in [1.165, 1.54) is 11.9 Å². The van der Waals surface area contributed by atoms with Crippen LogP contribution < -0.4 is 10.0 Å². The van der Waals surface area contributed by atoms with Gasteiger partial charge in [0.15, 0.2) is 0 Å². The molecule has 0 spiro atoms. The molecule has 26 heavy (non-hydrogen) atoms. The maximum atomic E-state index is 6.17. The molecule has 5 nitrogen and oxygen atoms in total. The number of benzene rings is 1. The summed E-state index contributed by atoms with van der Waals surface area (Å²) >= 11 is 7.70. The van der Waals surface area contributed by atoms with Gasteiger partial charge < -0.3 is 10.0 Å². The Morgan fingerprint density at radius 2 is 1.96 bits per heavy atom. The van der Waals surface area contributed by atoms with Crippen LogP contribution in [0.15, 0.2) is 41.4 Å². The van der Waals surface area contributed by atoms with Crippen molar-refractivity contribution in [2.45, 2.75) is 32.2 Å². The van der Waals surface area contributed by atoms with Crippen LogP contribution in [0.5, 0.6) is 0 Å². The van der Waals surface area contributed by atoms with E-state index >= 15 is 0 Å². The Labute approximate surface area is 163 Å². The molecular formula is C19H22ClN5S. The minimum absolute atomic E-state index is 0.686. The molecule has 136 valence electrons. The fourth-order valence-corrected chi connectivity index (χ4v) is 3.48. The van der Waals surface area contributed by atoms with Crippen LogP contribution in [0.25, 0.3) is 0 Å². The van der Waals surface area contributed by atoms with E-state index in [1.54, 1.807) is 0 Å². The van der Waals surface area contributed by atoms with Crippen LogP contribution in [0.3, 0.4) is 0 Å². The summed E-state index contributed by atoms with van der Waals surface area (Å²) in [4.78, 5) is 5.51. The Bertz CT molecular complexity index is 905. The van der Waals surface area contributed by atoms with Crippen LogP contribution in [-0.4, -0.2) is 14.8 Å². The quantitative estimate of drug-likeness (QED) is 0.574. The number of aromatic nitrogens is 3. The molecule has 0 saturated heterocycles.